The second-order valence-electron chi connectivity index (χ2n) is 7.93. The number of rotatable bonds is 5. The Balaban J connectivity index is 1.40. The molecule has 30 heavy (non-hydrogen) atoms. The number of aryl methyl sites for hydroxylation is 1. The zero-order valence-electron chi connectivity index (χ0n) is 17.3. The number of pyridine rings is 2. The maximum absolute atomic E-state index is 6.11. The lowest BCUT2D eigenvalue weighted by Crippen LogP contribution is -2.47. The first-order valence-corrected chi connectivity index (χ1v) is 10.3. The molecule has 7 heteroatoms. The molecule has 1 aliphatic heterocycles. The van der Waals surface area contributed by atoms with E-state index in [1.54, 1.807) is 7.11 Å². The van der Waals surface area contributed by atoms with Crippen LogP contribution in [-0.4, -0.2) is 52.0 Å². The zero-order chi connectivity index (χ0) is 20.6. The van der Waals surface area contributed by atoms with E-state index in [-0.39, 0.29) is 5.60 Å². The number of piperidine rings is 1. The zero-order valence-corrected chi connectivity index (χ0v) is 17.3. The number of hydrogen-bond acceptors (Lipinski definition) is 6. The Morgan fingerprint density at radius 3 is 2.77 bits per heavy atom. The third kappa shape index (κ3) is 3.51. The smallest absolute Gasteiger partial charge is 0.187 e. The van der Waals surface area contributed by atoms with Crippen molar-refractivity contribution >= 4 is 16.6 Å². The fraction of sp³-hybridized carbons (Fsp3) is 0.348. The molecule has 0 amide bonds. The van der Waals surface area contributed by atoms with Gasteiger partial charge in [0.15, 0.2) is 11.5 Å². The summed E-state index contributed by atoms with van der Waals surface area (Å²) in [6.45, 7) is 4.51. The van der Waals surface area contributed by atoms with E-state index in [1.165, 1.54) is 0 Å². The van der Waals surface area contributed by atoms with Crippen LogP contribution in [0.5, 0.6) is 5.75 Å². The molecule has 3 aromatic heterocycles. The van der Waals surface area contributed by atoms with Crippen molar-refractivity contribution in [2.75, 3.05) is 26.8 Å². The summed E-state index contributed by atoms with van der Waals surface area (Å²) in [5, 5.41) is 13.0. The number of methoxy groups -OCH3 is 1. The van der Waals surface area contributed by atoms with E-state index < -0.39 is 0 Å². The molecule has 0 bridgehead atoms. The van der Waals surface area contributed by atoms with Gasteiger partial charge in [0.1, 0.15) is 23.7 Å². The quantitative estimate of drug-likeness (QED) is 0.551. The van der Waals surface area contributed by atoms with Crippen LogP contribution in [0.2, 0.25) is 0 Å². The lowest BCUT2D eigenvalue weighted by molar-refractivity contribution is -0.0640. The molecule has 0 radical (unpaired) electrons. The van der Waals surface area contributed by atoms with E-state index in [0.29, 0.717) is 6.61 Å². The number of fused-ring (bicyclic) bond motifs is 2. The number of benzene rings is 1. The molecule has 1 fully saturated rings. The van der Waals surface area contributed by atoms with Crippen molar-refractivity contribution in [1.82, 2.24) is 24.9 Å². The second-order valence-corrected chi connectivity index (χ2v) is 7.93. The molecule has 1 N–H and O–H groups in total. The van der Waals surface area contributed by atoms with Crippen LogP contribution in [-0.2, 0) is 4.74 Å². The van der Waals surface area contributed by atoms with E-state index in [0.717, 1.165) is 65.3 Å². The van der Waals surface area contributed by atoms with Crippen molar-refractivity contribution in [2.45, 2.75) is 25.4 Å². The van der Waals surface area contributed by atoms with Crippen molar-refractivity contribution in [3.05, 3.63) is 54.2 Å². The highest BCUT2D eigenvalue weighted by Crippen LogP contribution is 2.27. The van der Waals surface area contributed by atoms with Crippen LogP contribution in [0, 0.1) is 6.92 Å². The highest BCUT2D eigenvalue weighted by molar-refractivity contribution is 5.82. The first kappa shape index (κ1) is 19.0. The minimum Gasteiger partial charge on any atom is -0.491 e. The summed E-state index contributed by atoms with van der Waals surface area (Å²) in [4.78, 5) is 4.80. The van der Waals surface area contributed by atoms with Gasteiger partial charge in [0, 0.05) is 18.7 Å². The Bertz CT molecular complexity index is 1200. The van der Waals surface area contributed by atoms with Crippen LogP contribution < -0.4 is 10.1 Å². The predicted octanol–water partition coefficient (Wildman–Crippen LogP) is 3.40. The molecular weight excluding hydrogens is 378 g/mol. The molecule has 0 atom stereocenters. The predicted molar refractivity (Wildman–Crippen MR) is 116 cm³/mol. The standard InChI is InChI=1S/C23H25N5O2/c1-16-7-12-28-21(13-16)26-27-22(28)20-5-3-17-14-18(4-6-19(17)25-20)30-15-23(29-2)8-10-24-11-9-23/h3-7,12-14,24H,8-11,15H2,1-2H3. The molecule has 1 aliphatic rings. The van der Waals surface area contributed by atoms with Gasteiger partial charge < -0.3 is 14.8 Å². The molecular formula is C23H25N5O2. The molecule has 1 aromatic carbocycles. The molecule has 4 heterocycles. The summed E-state index contributed by atoms with van der Waals surface area (Å²) in [6.07, 6.45) is 3.89. The lowest BCUT2D eigenvalue weighted by Gasteiger charge is -2.35. The molecule has 0 unspecified atom stereocenters. The van der Waals surface area contributed by atoms with Crippen LogP contribution in [0.4, 0.5) is 0 Å². The maximum atomic E-state index is 6.11. The van der Waals surface area contributed by atoms with Crippen molar-refractivity contribution in [1.29, 1.82) is 0 Å². The fourth-order valence-corrected chi connectivity index (χ4v) is 3.99. The number of ether oxygens (including phenoxy) is 2. The van der Waals surface area contributed by atoms with Crippen molar-refractivity contribution in [3.63, 3.8) is 0 Å². The summed E-state index contributed by atoms with van der Waals surface area (Å²) < 4.78 is 13.9. The number of nitrogens with zero attached hydrogens (tertiary/aromatic N) is 4. The summed E-state index contributed by atoms with van der Waals surface area (Å²) in [7, 11) is 1.77. The second kappa shape index (κ2) is 7.66. The van der Waals surface area contributed by atoms with Gasteiger partial charge in [0.2, 0.25) is 0 Å². The van der Waals surface area contributed by atoms with Gasteiger partial charge in [0.25, 0.3) is 0 Å². The van der Waals surface area contributed by atoms with E-state index in [1.807, 2.05) is 53.9 Å². The van der Waals surface area contributed by atoms with E-state index in [9.17, 15) is 0 Å². The van der Waals surface area contributed by atoms with Crippen LogP contribution in [0.3, 0.4) is 0 Å². The molecule has 0 aliphatic carbocycles. The Hall–Kier alpha value is -3.03. The monoisotopic (exact) mass is 403 g/mol. The van der Waals surface area contributed by atoms with E-state index in [4.69, 9.17) is 14.5 Å². The molecule has 1 saturated heterocycles. The fourth-order valence-electron chi connectivity index (χ4n) is 3.99. The Labute approximate surface area is 175 Å². The van der Waals surface area contributed by atoms with Gasteiger partial charge in [0.05, 0.1) is 5.52 Å². The Kier molecular flexibility index (Phi) is 4.84. The molecule has 5 rings (SSSR count). The van der Waals surface area contributed by atoms with Crippen LogP contribution >= 0.6 is 0 Å². The van der Waals surface area contributed by atoms with E-state index in [2.05, 4.69) is 21.6 Å². The van der Waals surface area contributed by atoms with Crippen LogP contribution in [0.15, 0.2) is 48.7 Å². The maximum Gasteiger partial charge on any atom is 0.187 e. The van der Waals surface area contributed by atoms with Gasteiger partial charge in [-0.3, -0.25) is 4.40 Å². The first-order chi connectivity index (χ1) is 14.7. The van der Waals surface area contributed by atoms with Crippen LogP contribution in [0.25, 0.3) is 28.1 Å². The van der Waals surface area contributed by atoms with Gasteiger partial charge in [-0.1, -0.05) is 6.07 Å². The Morgan fingerprint density at radius 2 is 1.93 bits per heavy atom. The van der Waals surface area contributed by atoms with Crippen molar-refractivity contribution < 1.29 is 9.47 Å². The molecule has 0 saturated carbocycles. The van der Waals surface area contributed by atoms with Crippen molar-refractivity contribution in [2.24, 2.45) is 0 Å². The third-order valence-corrected chi connectivity index (χ3v) is 5.90. The van der Waals surface area contributed by atoms with Gasteiger partial charge >= 0.3 is 0 Å². The molecule has 154 valence electrons. The highest BCUT2D eigenvalue weighted by atomic mass is 16.5. The van der Waals surface area contributed by atoms with Gasteiger partial charge in [-0.05, 0) is 74.8 Å². The minimum atomic E-state index is -0.213. The summed E-state index contributed by atoms with van der Waals surface area (Å²) in [5.74, 6) is 1.57. The Morgan fingerprint density at radius 1 is 1.07 bits per heavy atom. The lowest BCUT2D eigenvalue weighted by atomic mass is 9.93. The average Bonchev–Trinajstić information content (AvgIpc) is 3.21. The topological polar surface area (TPSA) is 73.6 Å². The minimum absolute atomic E-state index is 0.213. The third-order valence-electron chi connectivity index (χ3n) is 5.90. The average molecular weight is 403 g/mol. The van der Waals surface area contributed by atoms with Gasteiger partial charge in [-0.2, -0.15) is 0 Å². The SMILES string of the molecule is COC1(COc2ccc3nc(-c4nnc5cc(C)ccn45)ccc3c2)CCNCC1. The highest BCUT2D eigenvalue weighted by Gasteiger charge is 2.32. The van der Waals surface area contributed by atoms with Gasteiger partial charge in [-0.25, -0.2) is 4.98 Å². The summed E-state index contributed by atoms with van der Waals surface area (Å²) in [6, 6.07) is 14.1. The molecule has 0 spiro atoms. The largest absolute Gasteiger partial charge is 0.491 e. The normalized spacial score (nSPS) is 16.2. The van der Waals surface area contributed by atoms with Crippen molar-refractivity contribution in [3.8, 4) is 17.3 Å². The molecule has 4 aromatic rings. The first-order valence-electron chi connectivity index (χ1n) is 10.3. The number of aromatic nitrogens is 4. The van der Waals surface area contributed by atoms with E-state index >= 15 is 0 Å². The van der Waals surface area contributed by atoms with Crippen LogP contribution in [0.1, 0.15) is 18.4 Å². The van der Waals surface area contributed by atoms with Gasteiger partial charge in [-0.15, -0.1) is 10.2 Å². The molecule has 7 nitrogen and oxygen atoms in total. The number of hydrogen-bond donors (Lipinski definition) is 1. The number of nitrogens with one attached hydrogen (secondary N) is 1. The summed E-state index contributed by atoms with van der Waals surface area (Å²) in [5.41, 5.74) is 3.45. The summed E-state index contributed by atoms with van der Waals surface area (Å²) >= 11 is 0.